The molecule has 2 N–H and O–H groups in total. The Kier molecular flexibility index (Phi) is 5.56. The van der Waals surface area contributed by atoms with Gasteiger partial charge in [0.1, 0.15) is 0 Å². The molecule has 0 amide bonds. The highest BCUT2D eigenvalue weighted by Gasteiger charge is 2.55. The molecule has 0 bridgehead atoms. The van der Waals surface area contributed by atoms with Gasteiger partial charge in [-0.1, -0.05) is 30.4 Å². The molecule has 6 nitrogen and oxygen atoms in total. The van der Waals surface area contributed by atoms with Crippen LogP contribution in [0.4, 0.5) is 0 Å². The summed E-state index contributed by atoms with van der Waals surface area (Å²) in [5.74, 6) is -0.659. The van der Waals surface area contributed by atoms with Gasteiger partial charge in [0.25, 0.3) is 0 Å². The Morgan fingerprint density at radius 3 is 2.76 bits per heavy atom. The van der Waals surface area contributed by atoms with Crippen LogP contribution in [0.25, 0.3) is 0 Å². The van der Waals surface area contributed by atoms with Gasteiger partial charge in [0, 0.05) is 18.4 Å². The maximum atomic E-state index is 12.5. The third-order valence-corrected chi connectivity index (χ3v) is 6.25. The van der Waals surface area contributed by atoms with Crippen LogP contribution in [0.3, 0.4) is 0 Å². The lowest BCUT2D eigenvalue weighted by Crippen LogP contribution is -2.39. The van der Waals surface area contributed by atoms with E-state index in [-0.39, 0.29) is 35.5 Å². The molecular formula is C18H23NO5S. The van der Waals surface area contributed by atoms with Crippen LogP contribution in [0.1, 0.15) is 32.1 Å². The van der Waals surface area contributed by atoms with Crippen molar-refractivity contribution in [2.75, 3.05) is 0 Å². The predicted octanol–water partition coefficient (Wildman–Crippen LogP) is 2.32. The Hall–Kier alpha value is -1.70. The molecule has 1 saturated carbocycles. The van der Waals surface area contributed by atoms with Crippen molar-refractivity contribution in [2.24, 2.45) is 5.92 Å². The molecule has 1 aromatic rings. The molecule has 1 saturated heterocycles. The first kappa shape index (κ1) is 18.1. The zero-order valence-corrected chi connectivity index (χ0v) is 14.7. The molecule has 2 fully saturated rings. The molecule has 136 valence electrons. The standard InChI is InChI=1S/C18H23NO5S/c20-17(21)11-7-2-1-6-10-14-15(12-16-18(14)24-16)19-25(22,23)13-8-4-3-5-9-13/h1,3-6,8-9,14-16,18-19H,2,7,10-12H2,(H,20,21)/b6-1-. The second kappa shape index (κ2) is 7.68. The Morgan fingerprint density at radius 2 is 2.04 bits per heavy atom. The van der Waals surface area contributed by atoms with Crippen molar-refractivity contribution in [2.45, 2.75) is 55.2 Å². The van der Waals surface area contributed by atoms with Crippen LogP contribution in [0.2, 0.25) is 0 Å². The summed E-state index contributed by atoms with van der Waals surface area (Å²) in [6, 6.07) is 8.26. The van der Waals surface area contributed by atoms with Crippen molar-refractivity contribution in [1.29, 1.82) is 0 Å². The molecule has 1 heterocycles. The number of aliphatic carboxylic acids is 1. The number of nitrogens with one attached hydrogen (secondary N) is 1. The predicted molar refractivity (Wildman–Crippen MR) is 92.6 cm³/mol. The van der Waals surface area contributed by atoms with Crippen LogP contribution in [0.15, 0.2) is 47.4 Å². The second-order valence-corrected chi connectivity index (χ2v) is 8.29. The van der Waals surface area contributed by atoms with Crippen molar-refractivity contribution >= 4 is 16.0 Å². The highest BCUT2D eigenvalue weighted by molar-refractivity contribution is 7.89. The molecule has 7 heteroatoms. The van der Waals surface area contributed by atoms with Crippen molar-refractivity contribution in [3.05, 3.63) is 42.5 Å². The number of carbonyl (C=O) groups is 1. The van der Waals surface area contributed by atoms with Crippen LogP contribution in [0.5, 0.6) is 0 Å². The molecule has 1 aliphatic heterocycles. The van der Waals surface area contributed by atoms with E-state index < -0.39 is 16.0 Å². The number of allylic oxidation sites excluding steroid dienone is 2. The van der Waals surface area contributed by atoms with E-state index in [0.29, 0.717) is 19.3 Å². The average molecular weight is 365 g/mol. The zero-order chi connectivity index (χ0) is 17.9. The minimum absolute atomic E-state index is 0.124. The van der Waals surface area contributed by atoms with Crippen LogP contribution < -0.4 is 4.72 Å². The fourth-order valence-electron chi connectivity index (χ4n) is 3.42. The van der Waals surface area contributed by atoms with Crippen molar-refractivity contribution in [3.8, 4) is 0 Å². The molecule has 1 aromatic carbocycles. The maximum Gasteiger partial charge on any atom is 0.303 e. The quantitative estimate of drug-likeness (QED) is 0.398. The molecule has 2 aliphatic rings. The van der Waals surface area contributed by atoms with Gasteiger partial charge >= 0.3 is 5.97 Å². The van der Waals surface area contributed by atoms with Crippen molar-refractivity contribution in [1.82, 2.24) is 4.72 Å². The molecule has 0 aromatic heterocycles. The summed E-state index contributed by atoms with van der Waals surface area (Å²) in [5, 5.41) is 8.61. The monoisotopic (exact) mass is 365 g/mol. The normalized spacial score (nSPS) is 28.2. The fourth-order valence-corrected chi connectivity index (χ4v) is 4.74. The zero-order valence-electron chi connectivity index (χ0n) is 13.9. The third kappa shape index (κ3) is 4.68. The van der Waals surface area contributed by atoms with E-state index in [2.05, 4.69) is 4.72 Å². The number of carboxylic acids is 1. The molecule has 1 aliphatic carbocycles. The first-order chi connectivity index (χ1) is 12.0. The summed E-state index contributed by atoms with van der Waals surface area (Å²) in [5.41, 5.74) is 0. The van der Waals surface area contributed by atoms with E-state index in [1.165, 1.54) is 0 Å². The number of benzene rings is 1. The van der Waals surface area contributed by atoms with E-state index in [0.717, 1.165) is 6.42 Å². The van der Waals surface area contributed by atoms with Gasteiger partial charge in [-0.15, -0.1) is 0 Å². The molecule has 4 atom stereocenters. The third-order valence-electron chi connectivity index (χ3n) is 4.74. The molecule has 3 rings (SSSR count). The van der Waals surface area contributed by atoms with Crippen LogP contribution in [-0.4, -0.2) is 37.7 Å². The summed E-state index contributed by atoms with van der Waals surface area (Å²) in [6.07, 6.45) is 7.21. The number of fused-ring (bicyclic) bond motifs is 1. The minimum Gasteiger partial charge on any atom is -0.481 e. The maximum absolute atomic E-state index is 12.5. The van der Waals surface area contributed by atoms with Gasteiger partial charge in [-0.25, -0.2) is 13.1 Å². The van der Waals surface area contributed by atoms with Crippen LogP contribution in [-0.2, 0) is 19.6 Å². The van der Waals surface area contributed by atoms with E-state index in [1.54, 1.807) is 30.3 Å². The number of hydrogen-bond acceptors (Lipinski definition) is 4. The van der Waals surface area contributed by atoms with Gasteiger partial charge in [-0.3, -0.25) is 4.79 Å². The van der Waals surface area contributed by atoms with Gasteiger partial charge in [-0.05, 0) is 37.8 Å². The van der Waals surface area contributed by atoms with Gasteiger partial charge in [-0.2, -0.15) is 0 Å². The Labute approximate surface area is 147 Å². The molecule has 0 spiro atoms. The molecule has 4 unspecified atom stereocenters. The van der Waals surface area contributed by atoms with E-state index >= 15 is 0 Å². The Bertz CT molecular complexity index is 731. The van der Waals surface area contributed by atoms with E-state index in [1.807, 2.05) is 12.2 Å². The summed E-state index contributed by atoms with van der Waals surface area (Å²) in [6.45, 7) is 0. The van der Waals surface area contributed by atoms with Gasteiger partial charge in [0.2, 0.25) is 10.0 Å². The number of sulfonamides is 1. The molecule has 0 radical (unpaired) electrons. The Morgan fingerprint density at radius 1 is 1.28 bits per heavy atom. The van der Waals surface area contributed by atoms with Gasteiger partial charge < -0.3 is 9.84 Å². The van der Waals surface area contributed by atoms with Gasteiger partial charge in [0.05, 0.1) is 17.1 Å². The smallest absolute Gasteiger partial charge is 0.303 e. The van der Waals surface area contributed by atoms with E-state index in [4.69, 9.17) is 9.84 Å². The number of carboxylic acid groups (broad SMARTS) is 1. The summed E-state index contributed by atoms with van der Waals surface area (Å²) in [7, 11) is -3.52. The lowest BCUT2D eigenvalue weighted by molar-refractivity contribution is -0.137. The van der Waals surface area contributed by atoms with Crippen LogP contribution >= 0.6 is 0 Å². The average Bonchev–Trinajstić information content (AvgIpc) is 3.25. The van der Waals surface area contributed by atoms with Crippen molar-refractivity contribution in [3.63, 3.8) is 0 Å². The highest BCUT2D eigenvalue weighted by Crippen LogP contribution is 2.45. The first-order valence-corrected chi connectivity index (χ1v) is 10.1. The van der Waals surface area contributed by atoms with E-state index in [9.17, 15) is 13.2 Å². The molecule has 25 heavy (non-hydrogen) atoms. The van der Waals surface area contributed by atoms with Crippen molar-refractivity contribution < 1.29 is 23.1 Å². The number of ether oxygens (including phenoxy) is 1. The largest absolute Gasteiger partial charge is 0.481 e. The number of hydrogen-bond donors (Lipinski definition) is 2. The summed E-state index contributed by atoms with van der Waals surface area (Å²) < 4.78 is 33.4. The Balaban J connectivity index is 1.55. The second-order valence-electron chi connectivity index (χ2n) is 6.57. The molecular weight excluding hydrogens is 342 g/mol. The summed E-state index contributed by atoms with van der Waals surface area (Å²) in [4.78, 5) is 10.8. The number of unbranched alkanes of at least 4 members (excludes halogenated alkanes) is 1. The lowest BCUT2D eigenvalue weighted by atomic mass is 9.98. The minimum atomic E-state index is -3.52. The van der Waals surface area contributed by atoms with Crippen LogP contribution in [0, 0.1) is 5.92 Å². The highest BCUT2D eigenvalue weighted by atomic mass is 32.2. The number of rotatable bonds is 9. The number of epoxide rings is 1. The fraction of sp³-hybridized carbons (Fsp3) is 0.500. The SMILES string of the molecule is O=C(O)CCC/C=C\CC1C(NS(=O)(=O)c2ccccc2)CC2OC21. The van der Waals surface area contributed by atoms with Gasteiger partial charge in [0.15, 0.2) is 0 Å². The summed E-state index contributed by atoms with van der Waals surface area (Å²) >= 11 is 0. The first-order valence-electron chi connectivity index (χ1n) is 8.57. The lowest BCUT2D eigenvalue weighted by Gasteiger charge is -2.22. The topological polar surface area (TPSA) is 96.0 Å².